The normalized spacial score (nSPS) is 19.0. The molecule has 0 bridgehead atoms. The minimum absolute atomic E-state index is 0.0134. The highest BCUT2D eigenvalue weighted by molar-refractivity contribution is 5.86. The van der Waals surface area contributed by atoms with Gasteiger partial charge in [0.15, 0.2) is 0 Å². The fourth-order valence-corrected chi connectivity index (χ4v) is 2.09. The van der Waals surface area contributed by atoms with Crippen LogP contribution in [-0.2, 0) is 14.3 Å². The van der Waals surface area contributed by atoms with E-state index >= 15 is 0 Å². The molecule has 19 heavy (non-hydrogen) atoms. The summed E-state index contributed by atoms with van der Waals surface area (Å²) in [4.78, 5) is 27.3. The van der Waals surface area contributed by atoms with Crippen molar-refractivity contribution >= 4 is 11.8 Å². The Bertz CT molecular complexity index is 302. The lowest BCUT2D eigenvalue weighted by atomic mass is 9.98. The molecule has 1 aliphatic rings. The molecule has 2 amide bonds. The number of carbonyl (C=O) groups is 2. The first-order chi connectivity index (χ1) is 9.06. The number of nitrogens with one attached hydrogen (secondary N) is 1. The quantitative estimate of drug-likeness (QED) is 0.711. The molecule has 0 unspecified atom stereocenters. The van der Waals surface area contributed by atoms with Crippen molar-refractivity contribution in [1.29, 1.82) is 0 Å². The van der Waals surface area contributed by atoms with Crippen LogP contribution in [0.4, 0.5) is 0 Å². The smallest absolute Gasteiger partial charge is 0.241 e. The Kier molecular flexibility index (Phi) is 6.80. The number of nitrogens with zero attached hydrogens (tertiary/aromatic N) is 2. The number of amides is 2. The van der Waals surface area contributed by atoms with Crippen LogP contribution in [0.3, 0.4) is 0 Å². The molecule has 6 heteroatoms. The van der Waals surface area contributed by atoms with Crippen LogP contribution in [0.25, 0.3) is 0 Å². The van der Waals surface area contributed by atoms with Gasteiger partial charge in [0.25, 0.3) is 0 Å². The van der Waals surface area contributed by atoms with Crippen molar-refractivity contribution in [2.24, 2.45) is 5.92 Å². The van der Waals surface area contributed by atoms with Gasteiger partial charge < -0.3 is 19.9 Å². The average molecular weight is 271 g/mol. The molecule has 0 saturated carbocycles. The van der Waals surface area contributed by atoms with Gasteiger partial charge >= 0.3 is 0 Å². The molecule has 0 aliphatic carbocycles. The van der Waals surface area contributed by atoms with Crippen LogP contribution in [0.2, 0.25) is 0 Å². The predicted molar refractivity (Wildman–Crippen MR) is 72.7 cm³/mol. The first-order valence-corrected chi connectivity index (χ1v) is 6.75. The highest BCUT2D eigenvalue weighted by Gasteiger charge is 2.27. The van der Waals surface area contributed by atoms with Crippen LogP contribution in [0.15, 0.2) is 0 Å². The summed E-state index contributed by atoms with van der Waals surface area (Å²) in [6.07, 6.45) is 1.90. The topological polar surface area (TPSA) is 61.9 Å². The molecule has 0 spiro atoms. The van der Waals surface area contributed by atoms with E-state index in [4.69, 9.17) is 4.74 Å². The molecule has 0 aromatic rings. The third-order valence-corrected chi connectivity index (χ3v) is 3.35. The third kappa shape index (κ3) is 5.16. The maximum atomic E-state index is 12.4. The molecule has 0 aromatic carbocycles. The number of hydrogen-bond donors (Lipinski definition) is 1. The van der Waals surface area contributed by atoms with Gasteiger partial charge in [-0.05, 0) is 19.4 Å². The highest BCUT2D eigenvalue weighted by atomic mass is 16.5. The van der Waals surface area contributed by atoms with Crippen molar-refractivity contribution in [3.05, 3.63) is 0 Å². The maximum Gasteiger partial charge on any atom is 0.241 e. The molecular formula is C13H25N3O3. The second-order valence-corrected chi connectivity index (χ2v) is 5.08. The van der Waals surface area contributed by atoms with Crippen molar-refractivity contribution in [3.8, 4) is 0 Å². The first kappa shape index (κ1) is 15.9. The molecule has 1 aliphatic heterocycles. The van der Waals surface area contributed by atoms with Crippen LogP contribution in [0.5, 0.6) is 0 Å². The van der Waals surface area contributed by atoms with Crippen molar-refractivity contribution < 1.29 is 14.3 Å². The Balaban J connectivity index is 2.60. The number of ether oxygens (including phenoxy) is 1. The summed E-state index contributed by atoms with van der Waals surface area (Å²) in [6.45, 7) is 2.72. The summed E-state index contributed by atoms with van der Waals surface area (Å²) in [5.41, 5.74) is 0. The number of hydrogen-bond acceptors (Lipinski definition) is 4. The van der Waals surface area contributed by atoms with Crippen LogP contribution in [0, 0.1) is 5.92 Å². The summed E-state index contributed by atoms with van der Waals surface area (Å²) in [5, 5.41) is 3.23. The molecule has 1 fully saturated rings. The van der Waals surface area contributed by atoms with E-state index in [0.29, 0.717) is 19.7 Å². The average Bonchev–Trinajstić information content (AvgIpc) is 2.43. The van der Waals surface area contributed by atoms with Gasteiger partial charge in [-0.3, -0.25) is 9.59 Å². The van der Waals surface area contributed by atoms with E-state index < -0.39 is 0 Å². The lowest BCUT2D eigenvalue weighted by Gasteiger charge is -2.29. The monoisotopic (exact) mass is 271 g/mol. The highest BCUT2D eigenvalue weighted by Crippen LogP contribution is 2.13. The van der Waals surface area contributed by atoms with Gasteiger partial charge in [-0.15, -0.1) is 0 Å². The number of rotatable bonds is 6. The number of methoxy groups -OCH3 is 1. The standard InChI is InChI=1S/C13H25N3O3/c1-15(2)12(17)10-16(7-8-19-3)13(18)11-5-4-6-14-9-11/h11,14H,4-10H2,1-3H3/t11-/m1/s1. The Labute approximate surface area is 115 Å². The largest absolute Gasteiger partial charge is 0.383 e. The summed E-state index contributed by atoms with van der Waals surface area (Å²) in [6, 6.07) is 0. The van der Waals surface area contributed by atoms with Crippen LogP contribution in [-0.4, -0.2) is 75.6 Å². The van der Waals surface area contributed by atoms with Crippen molar-refractivity contribution in [2.75, 3.05) is 54.0 Å². The van der Waals surface area contributed by atoms with Crippen molar-refractivity contribution in [3.63, 3.8) is 0 Å². The SMILES string of the molecule is COCCN(CC(=O)N(C)C)C(=O)[C@@H]1CCCNC1. The zero-order valence-corrected chi connectivity index (χ0v) is 12.1. The van der Waals surface area contributed by atoms with Crippen LogP contribution in [0.1, 0.15) is 12.8 Å². The van der Waals surface area contributed by atoms with E-state index in [1.807, 2.05) is 0 Å². The van der Waals surface area contributed by atoms with Gasteiger partial charge in [-0.25, -0.2) is 0 Å². The molecule has 1 saturated heterocycles. The van der Waals surface area contributed by atoms with E-state index in [2.05, 4.69) is 5.32 Å². The number of likely N-dealkylation sites (N-methyl/N-ethyl adjacent to an activating group) is 1. The molecule has 1 heterocycles. The van der Waals surface area contributed by atoms with Gasteiger partial charge in [-0.1, -0.05) is 0 Å². The van der Waals surface area contributed by atoms with E-state index in [-0.39, 0.29) is 24.3 Å². The Hall–Kier alpha value is -1.14. The molecule has 1 N–H and O–H groups in total. The fraction of sp³-hybridized carbons (Fsp3) is 0.846. The van der Waals surface area contributed by atoms with Crippen LogP contribution < -0.4 is 5.32 Å². The van der Waals surface area contributed by atoms with E-state index in [0.717, 1.165) is 19.4 Å². The van der Waals surface area contributed by atoms with Crippen LogP contribution >= 0.6 is 0 Å². The molecule has 0 aromatic heterocycles. The molecular weight excluding hydrogens is 246 g/mol. The Morgan fingerprint density at radius 2 is 2.11 bits per heavy atom. The zero-order chi connectivity index (χ0) is 14.3. The second kappa shape index (κ2) is 8.12. The minimum atomic E-state index is -0.0618. The van der Waals surface area contributed by atoms with Crippen molar-refractivity contribution in [1.82, 2.24) is 15.1 Å². The minimum Gasteiger partial charge on any atom is -0.383 e. The maximum absolute atomic E-state index is 12.4. The van der Waals surface area contributed by atoms with Gasteiger partial charge in [0, 0.05) is 34.3 Å². The van der Waals surface area contributed by atoms with E-state index in [1.54, 1.807) is 26.1 Å². The van der Waals surface area contributed by atoms with Gasteiger partial charge in [0.1, 0.15) is 0 Å². The first-order valence-electron chi connectivity index (χ1n) is 6.75. The summed E-state index contributed by atoms with van der Waals surface area (Å²) in [5.74, 6) is -0.0201. The number of carbonyl (C=O) groups excluding carboxylic acids is 2. The predicted octanol–water partition coefficient (Wildman–Crippen LogP) is -0.451. The molecule has 6 nitrogen and oxygen atoms in total. The zero-order valence-electron chi connectivity index (χ0n) is 12.1. The molecule has 0 radical (unpaired) electrons. The van der Waals surface area contributed by atoms with Gasteiger partial charge in [0.2, 0.25) is 11.8 Å². The third-order valence-electron chi connectivity index (χ3n) is 3.35. The fourth-order valence-electron chi connectivity index (χ4n) is 2.09. The summed E-state index contributed by atoms with van der Waals surface area (Å²) < 4.78 is 5.02. The Morgan fingerprint density at radius 3 is 2.63 bits per heavy atom. The van der Waals surface area contributed by atoms with Gasteiger partial charge in [0.05, 0.1) is 19.1 Å². The lowest BCUT2D eigenvalue weighted by Crippen LogP contribution is -2.47. The second-order valence-electron chi connectivity index (χ2n) is 5.08. The van der Waals surface area contributed by atoms with E-state index in [1.165, 1.54) is 4.90 Å². The number of piperidine rings is 1. The molecule has 110 valence electrons. The summed E-state index contributed by atoms with van der Waals surface area (Å²) >= 11 is 0. The van der Waals surface area contributed by atoms with Crippen molar-refractivity contribution in [2.45, 2.75) is 12.8 Å². The van der Waals surface area contributed by atoms with E-state index in [9.17, 15) is 9.59 Å². The Morgan fingerprint density at radius 1 is 1.37 bits per heavy atom. The lowest BCUT2D eigenvalue weighted by molar-refractivity contribution is -0.142. The van der Waals surface area contributed by atoms with Gasteiger partial charge in [-0.2, -0.15) is 0 Å². The molecule has 1 atom stereocenters. The summed E-state index contributed by atoms with van der Waals surface area (Å²) in [7, 11) is 4.99. The molecule has 1 rings (SSSR count).